The Hall–Kier alpha value is -2.77. The number of hydrogen-bond acceptors (Lipinski definition) is 4. The molecule has 23 heavy (non-hydrogen) atoms. The van der Waals surface area contributed by atoms with Crippen LogP contribution < -0.4 is 4.74 Å². The molecule has 4 nitrogen and oxygen atoms in total. The molecule has 0 atom stereocenters. The summed E-state index contributed by atoms with van der Waals surface area (Å²) >= 11 is 5.90. The SMILES string of the molecule is CN(C)/C=C(\C#N)C(=O)c1ccc(Oc2cccc(Cl)c2)cc1. The predicted molar refractivity (Wildman–Crippen MR) is 89.7 cm³/mol. The lowest BCUT2D eigenvalue weighted by atomic mass is 10.1. The Bertz CT molecular complexity index is 774. The van der Waals surface area contributed by atoms with Crippen LogP contribution in [-0.4, -0.2) is 24.8 Å². The highest BCUT2D eigenvalue weighted by Crippen LogP contribution is 2.24. The molecule has 0 aliphatic heterocycles. The van der Waals surface area contributed by atoms with E-state index in [1.54, 1.807) is 67.5 Å². The molecule has 0 saturated heterocycles. The van der Waals surface area contributed by atoms with Gasteiger partial charge in [-0.3, -0.25) is 4.79 Å². The lowest BCUT2D eigenvalue weighted by Crippen LogP contribution is -2.08. The number of Topliss-reactive ketones (excluding diaryl/α,β-unsaturated/α-hetero) is 1. The first-order chi connectivity index (χ1) is 11.0. The third-order valence-corrected chi connectivity index (χ3v) is 3.14. The predicted octanol–water partition coefficient (Wildman–Crippen LogP) is 4.28. The Morgan fingerprint density at radius 1 is 1.17 bits per heavy atom. The van der Waals surface area contributed by atoms with Crippen LogP contribution in [0.1, 0.15) is 10.4 Å². The zero-order valence-corrected chi connectivity index (χ0v) is 13.5. The highest BCUT2D eigenvalue weighted by molar-refractivity contribution is 6.30. The molecule has 0 aromatic heterocycles. The fourth-order valence-electron chi connectivity index (χ4n) is 1.89. The van der Waals surface area contributed by atoms with E-state index in [0.717, 1.165) is 0 Å². The second kappa shape index (κ2) is 7.48. The summed E-state index contributed by atoms with van der Waals surface area (Å²) < 4.78 is 5.66. The molecule has 0 N–H and O–H groups in total. The van der Waals surface area contributed by atoms with Crippen LogP contribution in [0.4, 0.5) is 0 Å². The molecule has 0 bridgehead atoms. The lowest BCUT2D eigenvalue weighted by molar-refractivity contribution is 0.103. The fourth-order valence-corrected chi connectivity index (χ4v) is 2.07. The molecule has 0 amide bonds. The van der Waals surface area contributed by atoms with Crippen LogP contribution >= 0.6 is 11.6 Å². The molecule has 0 heterocycles. The molecular formula is C18H15ClN2O2. The maximum absolute atomic E-state index is 12.2. The van der Waals surface area contributed by atoms with Gasteiger partial charge in [-0.1, -0.05) is 17.7 Å². The molecule has 0 aliphatic rings. The highest BCUT2D eigenvalue weighted by Gasteiger charge is 2.12. The topological polar surface area (TPSA) is 53.3 Å². The Balaban J connectivity index is 2.16. The van der Waals surface area contributed by atoms with Crippen LogP contribution in [0, 0.1) is 11.3 Å². The van der Waals surface area contributed by atoms with Gasteiger partial charge in [-0.15, -0.1) is 0 Å². The molecule has 5 heteroatoms. The van der Waals surface area contributed by atoms with Crippen molar-refractivity contribution in [3.8, 4) is 17.6 Å². The van der Waals surface area contributed by atoms with Crippen molar-refractivity contribution in [2.24, 2.45) is 0 Å². The number of hydrogen-bond donors (Lipinski definition) is 0. The number of benzene rings is 2. The van der Waals surface area contributed by atoms with E-state index in [2.05, 4.69) is 0 Å². The van der Waals surface area contributed by atoms with Gasteiger partial charge in [0.15, 0.2) is 0 Å². The Morgan fingerprint density at radius 2 is 1.87 bits per heavy atom. The molecule has 2 rings (SSSR count). The van der Waals surface area contributed by atoms with Crippen molar-refractivity contribution in [1.82, 2.24) is 4.90 Å². The summed E-state index contributed by atoms with van der Waals surface area (Å²) in [6, 6.07) is 15.6. The Labute approximate surface area is 140 Å². The Morgan fingerprint density at radius 3 is 2.43 bits per heavy atom. The minimum Gasteiger partial charge on any atom is -0.457 e. The molecule has 0 aliphatic carbocycles. The number of ether oxygens (including phenoxy) is 1. The van der Waals surface area contributed by atoms with E-state index in [1.165, 1.54) is 6.20 Å². The molecule has 0 fully saturated rings. The molecule has 116 valence electrons. The number of carbonyl (C=O) groups is 1. The average Bonchev–Trinajstić information content (AvgIpc) is 2.52. The van der Waals surface area contributed by atoms with Gasteiger partial charge in [-0.2, -0.15) is 5.26 Å². The monoisotopic (exact) mass is 326 g/mol. The van der Waals surface area contributed by atoms with Crippen molar-refractivity contribution < 1.29 is 9.53 Å². The van der Waals surface area contributed by atoms with Crippen molar-refractivity contribution in [2.75, 3.05) is 14.1 Å². The van der Waals surface area contributed by atoms with E-state index in [-0.39, 0.29) is 11.4 Å². The number of nitrogens with zero attached hydrogens (tertiary/aromatic N) is 2. The van der Waals surface area contributed by atoms with Crippen molar-refractivity contribution in [1.29, 1.82) is 5.26 Å². The number of nitriles is 1. The fraction of sp³-hybridized carbons (Fsp3) is 0.111. The van der Waals surface area contributed by atoms with Crippen LogP contribution in [0.15, 0.2) is 60.3 Å². The standard InChI is InChI=1S/C18H15ClN2O2/c1-21(2)12-14(11-20)18(22)13-6-8-16(9-7-13)23-17-5-3-4-15(19)10-17/h3-10,12H,1-2H3/b14-12+. The zero-order valence-electron chi connectivity index (χ0n) is 12.8. The van der Waals surface area contributed by atoms with E-state index < -0.39 is 0 Å². The molecule has 0 unspecified atom stereocenters. The average molecular weight is 327 g/mol. The summed E-state index contributed by atoms with van der Waals surface area (Å²) in [7, 11) is 3.51. The van der Waals surface area contributed by atoms with Crippen LogP contribution in [-0.2, 0) is 0 Å². The van der Waals surface area contributed by atoms with Crippen molar-refractivity contribution in [3.63, 3.8) is 0 Å². The van der Waals surface area contributed by atoms with Gasteiger partial charge in [0.1, 0.15) is 23.1 Å². The summed E-state index contributed by atoms with van der Waals surface area (Å²) in [5.74, 6) is 0.871. The third-order valence-electron chi connectivity index (χ3n) is 2.90. The van der Waals surface area contributed by atoms with Crippen molar-refractivity contribution in [2.45, 2.75) is 0 Å². The van der Waals surface area contributed by atoms with Gasteiger partial charge >= 0.3 is 0 Å². The van der Waals surface area contributed by atoms with Gasteiger partial charge in [-0.25, -0.2) is 0 Å². The zero-order chi connectivity index (χ0) is 16.8. The first-order valence-electron chi connectivity index (χ1n) is 6.86. The van der Waals surface area contributed by atoms with Crippen molar-refractivity contribution in [3.05, 3.63) is 70.9 Å². The largest absolute Gasteiger partial charge is 0.457 e. The van der Waals surface area contributed by atoms with E-state index in [9.17, 15) is 4.79 Å². The van der Waals surface area contributed by atoms with Gasteiger partial charge in [0, 0.05) is 30.9 Å². The second-order valence-corrected chi connectivity index (χ2v) is 5.47. The quantitative estimate of drug-likeness (QED) is 0.467. The van der Waals surface area contributed by atoms with Crippen LogP contribution in [0.25, 0.3) is 0 Å². The maximum atomic E-state index is 12.2. The van der Waals surface area contributed by atoms with E-state index in [4.69, 9.17) is 21.6 Å². The minimum atomic E-state index is -0.324. The number of allylic oxidation sites excluding steroid dienone is 1. The minimum absolute atomic E-state index is 0.0820. The molecule has 2 aromatic rings. The first kappa shape index (κ1) is 16.6. The summed E-state index contributed by atoms with van der Waals surface area (Å²) in [4.78, 5) is 13.9. The number of ketones is 1. The number of carbonyl (C=O) groups excluding carboxylic acids is 1. The normalized spacial score (nSPS) is 10.8. The van der Waals surface area contributed by atoms with Gasteiger partial charge < -0.3 is 9.64 Å². The van der Waals surface area contributed by atoms with E-state index in [0.29, 0.717) is 22.1 Å². The summed E-state index contributed by atoms with van der Waals surface area (Å²) in [5.41, 5.74) is 0.511. The second-order valence-electron chi connectivity index (χ2n) is 5.03. The Kier molecular flexibility index (Phi) is 5.40. The molecular weight excluding hydrogens is 312 g/mol. The van der Waals surface area contributed by atoms with Crippen LogP contribution in [0.2, 0.25) is 5.02 Å². The van der Waals surface area contributed by atoms with Gasteiger partial charge in [0.05, 0.1) is 0 Å². The summed E-state index contributed by atoms with van der Waals surface area (Å²) in [6.07, 6.45) is 1.50. The first-order valence-corrected chi connectivity index (χ1v) is 7.24. The molecule has 0 saturated carbocycles. The smallest absolute Gasteiger partial charge is 0.205 e. The summed E-state index contributed by atoms with van der Waals surface area (Å²) in [6.45, 7) is 0. The van der Waals surface area contributed by atoms with E-state index in [1.807, 2.05) is 6.07 Å². The summed E-state index contributed by atoms with van der Waals surface area (Å²) in [5, 5.41) is 9.66. The number of rotatable bonds is 5. The van der Waals surface area contributed by atoms with Gasteiger partial charge in [-0.05, 0) is 42.5 Å². The van der Waals surface area contributed by atoms with Crippen LogP contribution in [0.5, 0.6) is 11.5 Å². The van der Waals surface area contributed by atoms with Crippen molar-refractivity contribution >= 4 is 17.4 Å². The maximum Gasteiger partial charge on any atom is 0.205 e. The van der Waals surface area contributed by atoms with Gasteiger partial charge in [0.25, 0.3) is 0 Å². The number of halogens is 1. The van der Waals surface area contributed by atoms with Gasteiger partial charge in [0.2, 0.25) is 5.78 Å². The highest BCUT2D eigenvalue weighted by atomic mass is 35.5. The molecule has 0 radical (unpaired) electrons. The lowest BCUT2D eigenvalue weighted by Gasteiger charge is -2.08. The molecule has 0 spiro atoms. The third kappa shape index (κ3) is 4.60. The molecule has 2 aromatic carbocycles. The van der Waals surface area contributed by atoms with E-state index >= 15 is 0 Å². The van der Waals surface area contributed by atoms with Crippen LogP contribution in [0.3, 0.4) is 0 Å².